The largest absolute Gasteiger partial charge is 0.244 e. The zero-order valence-electron chi connectivity index (χ0n) is 13.1. The summed E-state index contributed by atoms with van der Waals surface area (Å²) in [6, 6.07) is 18.8. The molecule has 0 amide bonds. The molecule has 108 valence electrons. The van der Waals surface area contributed by atoms with Crippen LogP contribution in [0.5, 0.6) is 0 Å². The Kier molecular flexibility index (Phi) is 2.70. The molecule has 2 nitrogen and oxygen atoms in total. The number of hydrogen-bond acceptors (Lipinski definition) is 2. The molecule has 0 radical (unpaired) electrons. The molecule has 0 aliphatic heterocycles. The van der Waals surface area contributed by atoms with Gasteiger partial charge in [0, 0.05) is 5.39 Å². The highest BCUT2D eigenvalue weighted by Gasteiger charge is 2.17. The Hall–Kier alpha value is -2.48. The van der Waals surface area contributed by atoms with Crippen LogP contribution in [0.2, 0.25) is 0 Å². The highest BCUT2D eigenvalue weighted by Crippen LogP contribution is 2.33. The van der Waals surface area contributed by atoms with E-state index in [0.29, 0.717) is 0 Å². The van der Waals surface area contributed by atoms with Crippen LogP contribution in [0.25, 0.3) is 32.8 Å². The summed E-state index contributed by atoms with van der Waals surface area (Å²) in [7, 11) is 0. The van der Waals surface area contributed by atoms with Crippen molar-refractivity contribution in [2.24, 2.45) is 0 Å². The highest BCUT2D eigenvalue weighted by atomic mass is 14.8. The van der Waals surface area contributed by atoms with Gasteiger partial charge in [0.1, 0.15) is 0 Å². The summed E-state index contributed by atoms with van der Waals surface area (Å²) < 4.78 is 0. The number of benzene rings is 3. The molecule has 0 aliphatic carbocycles. The molecule has 0 atom stereocenters. The van der Waals surface area contributed by atoms with E-state index in [2.05, 4.69) is 51.1 Å². The Morgan fingerprint density at radius 1 is 0.636 bits per heavy atom. The van der Waals surface area contributed by atoms with E-state index in [4.69, 9.17) is 9.97 Å². The molecular formula is C20H18N2. The molecule has 0 aliphatic rings. The average Bonchev–Trinajstić information content (AvgIpc) is 2.51. The van der Waals surface area contributed by atoms with Crippen LogP contribution >= 0.6 is 0 Å². The van der Waals surface area contributed by atoms with Crippen LogP contribution in [-0.4, -0.2) is 9.97 Å². The number of para-hydroxylation sites is 2. The number of nitrogens with zero attached hydrogens (tertiary/aromatic N) is 2. The Bertz CT molecular complexity index is 1010. The van der Waals surface area contributed by atoms with Gasteiger partial charge in [0.2, 0.25) is 0 Å². The van der Waals surface area contributed by atoms with Gasteiger partial charge in [-0.05, 0) is 34.6 Å². The van der Waals surface area contributed by atoms with Crippen molar-refractivity contribution in [3.8, 4) is 0 Å². The Labute approximate surface area is 129 Å². The maximum absolute atomic E-state index is 4.87. The first-order valence-electron chi connectivity index (χ1n) is 7.63. The van der Waals surface area contributed by atoms with Crippen LogP contribution in [0.1, 0.15) is 26.3 Å². The third kappa shape index (κ3) is 1.95. The SMILES string of the molecule is CC(C)(C)c1cccc2c1ccc1nc3ccccc3nc12. The molecule has 4 rings (SSSR count). The second-order valence-corrected chi connectivity index (χ2v) is 6.80. The molecule has 3 aromatic carbocycles. The van der Waals surface area contributed by atoms with Gasteiger partial charge in [0.25, 0.3) is 0 Å². The van der Waals surface area contributed by atoms with Gasteiger partial charge in [0.05, 0.1) is 22.1 Å². The van der Waals surface area contributed by atoms with Crippen LogP contribution < -0.4 is 0 Å². The van der Waals surface area contributed by atoms with Gasteiger partial charge in [-0.2, -0.15) is 0 Å². The monoisotopic (exact) mass is 286 g/mol. The van der Waals surface area contributed by atoms with Gasteiger partial charge in [0.15, 0.2) is 0 Å². The van der Waals surface area contributed by atoms with E-state index < -0.39 is 0 Å². The maximum Gasteiger partial charge on any atom is 0.0972 e. The lowest BCUT2D eigenvalue weighted by atomic mass is 9.83. The molecule has 1 aromatic heterocycles. The summed E-state index contributed by atoms with van der Waals surface area (Å²) in [6.45, 7) is 6.74. The second kappa shape index (κ2) is 4.51. The average molecular weight is 286 g/mol. The van der Waals surface area contributed by atoms with Gasteiger partial charge >= 0.3 is 0 Å². The third-order valence-electron chi connectivity index (χ3n) is 4.17. The molecule has 0 bridgehead atoms. The first kappa shape index (κ1) is 13.2. The van der Waals surface area contributed by atoms with Gasteiger partial charge in [-0.1, -0.05) is 57.2 Å². The Balaban J connectivity index is 2.17. The number of rotatable bonds is 0. The first-order chi connectivity index (χ1) is 10.5. The number of aromatic nitrogens is 2. The summed E-state index contributed by atoms with van der Waals surface area (Å²) in [6.07, 6.45) is 0. The predicted octanol–water partition coefficient (Wildman–Crippen LogP) is 5.23. The second-order valence-electron chi connectivity index (χ2n) is 6.80. The van der Waals surface area contributed by atoms with Crippen molar-refractivity contribution in [2.45, 2.75) is 26.2 Å². The summed E-state index contributed by atoms with van der Waals surface area (Å²) >= 11 is 0. The van der Waals surface area contributed by atoms with E-state index in [-0.39, 0.29) is 5.41 Å². The van der Waals surface area contributed by atoms with E-state index in [9.17, 15) is 0 Å². The van der Waals surface area contributed by atoms with Crippen molar-refractivity contribution in [3.05, 3.63) is 60.2 Å². The zero-order chi connectivity index (χ0) is 15.3. The predicted molar refractivity (Wildman–Crippen MR) is 93.3 cm³/mol. The fourth-order valence-electron chi connectivity index (χ4n) is 3.10. The van der Waals surface area contributed by atoms with Gasteiger partial charge < -0.3 is 0 Å². The van der Waals surface area contributed by atoms with E-state index in [1.807, 2.05) is 24.3 Å². The van der Waals surface area contributed by atoms with Crippen molar-refractivity contribution < 1.29 is 0 Å². The lowest BCUT2D eigenvalue weighted by Gasteiger charge is -2.21. The molecule has 1 heterocycles. The summed E-state index contributed by atoms with van der Waals surface area (Å²) in [5, 5.41) is 2.45. The topological polar surface area (TPSA) is 25.8 Å². The van der Waals surface area contributed by atoms with Crippen LogP contribution in [0.3, 0.4) is 0 Å². The van der Waals surface area contributed by atoms with Crippen LogP contribution in [0, 0.1) is 0 Å². The van der Waals surface area contributed by atoms with Crippen molar-refractivity contribution >= 4 is 32.8 Å². The van der Waals surface area contributed by atoms with Crippen LogP contribution in [0.15, 0.2) is 54.6 Å². The number of hydrogen-bond donors (Lipinski definition) is 0. The minimum Gasteiger partial charge on any atom is -0.244 e. The normalized spacial score (nSPS) is 12.3. The van der Waals surface area contributed by atoms with Crippen LogP contribution in [0.4, 0.5) is 0 Å². The van der Waals surface area contributed by atoms with Crippen molar-refractivity contribution in [2.75, 3.05) is 0 Å². The molecule has 0 spiro atoms. The molecule has 0 saturated heterocycles. The van der Waals surface area contributed by atoms with Crippen molar-refractivity contribution in [1.82, 2.24) is 9.97 Å². The summed E-state index contributed by atoms with van der Waals surface area (Å²) in [5.41, 5.74) is 5.30. The number of fused-ring (bicyclic) bond motifs is 4. The van der Waals surface area contributed by atoms with E-state index in [1.54, 1.807) is 0 Å². The molecule has 0 N–H and O–H groups in total. The lowest BCUT2D eigenvalue weighted by Crippen LogP contribution is -2.11. The molecule has 0 unspecified atom stereocenters. The minimum absolute atomic E-state index is 0.109. The van der Waals surface area contributed by atoms with E-state index in [0.717, 1.165) is 22.1 Å². The van der Waals surface area contributed by atoms with Gasteiger partial charge in [-0.25, -0.2) is 9.97 Å². The molecule has 22 heavy (non-hydrogen) atoms. The molecular weight excluding hydrogens is 268 g/mol. The summed E-state index contributed by atoms with van der Waals surface area (Å²) in [5.74, 6) is 0. The molecule has 0 saturated carbocycles. The lowest BCUT2D eigenvalue weighted by molar-refractivity contribution is 0.596. The standard InChI is InChI=1S/C20H18N2/c1-20(2,3)15-8-6-7-14-13(15)11-12-18-19(14)22-17-10-5-4-9-16(17)21-18/h4-12H,1-3H3. The summed E-state index contributed by atoms with van der Waals surface area (Å²) in [4.78, 5) is 9.62. The Morgan fingerprint density at radius 3 is 2.09 bits per heavy atom. The van der Waals surface area contributed by atoms with Crippen molar-refractivity contribution in [3.63, 3.8) is 0 Å². The molecule has 2 heteroatoms. The third-order valence-corrected chi connectivity index (χ3v) is 4.17. The zero-order valence-corrected chi connectivity index (χ0v) is 13.1. The maximum atomic E-state index is 4.87. The first-order valence-corrected chi connectivity index (χ1v) is 7.63. The highest BCUT2D eigenvalue weighted by molar-refractivity contribution is 6.07. The van der Waals surface area contributed by atoms with Gasteiger partial charge in [-0.15, -0.1) is 0 Å². The molecule has 4 aromatic rings. The quantitative estimate of drug-likeness (QED) is 0.326. The van der Waals surface area contributed by atoms with E-state index >= 15 is 0 Å². The minimum atomic E-state index is 0.109. The fourth-order valence-corrected chi connectivity index (χ4v) is 3.10. The molecule has 0 fully saturated rings. The van der Waals surface area contributed by atoms with Gasteiger partial charge in [-0.3, -0.25) is 0 Å². The smallest absolute Gasteiger partial charge is 0.0972 e. The van der Waals surface area contributed by atoms with Crippen LogP contribution in [-0.2, 0) is 5.41 Å². The Morgan fingerprint density at radius 2 is 1.36 bits per heavy atom. The van der Waals surface area contributed by atoms with E-state index in [1.165, 1.54) is 16.3 Å². The fraction of sp³-hybridized carbons (Fsp3) is 0.200. The van der Waals surface area contributed by atoms with Crippen molar-refractivity contribution in [1.29, 1.82) is 0 Å².